The van der Waals surface area contributed by atoms with E-state index in [0.29, 0.717) is 12.0 Å². The first-order chi connectivity index (χ1) is 7.62. The van der Waals surface area contributed by atoms with Gasteiger partial charge in [0.15, 0.2) is 0 Å². The molecule has 2 N–H and O–H groups in total. The quantitative estimate of drug-likeness (QED) is 0.811. The van der Waals surface area contributed by atoms with Gasteiger partial charge < -0.3 is 10.2 Å². The molecule has 2 nitrogen and oxygen atoms in total. The van der Waals surface area contributed by atoms with E-state index in [0.717, 1.165) is 5.56 Å². The van der Waals surface area contributed by atoms with Crippen molar-refractivity contribution in [3.63, 3.8) is 0 Å². The standard InChI is InChI=1S/C12H14F2O2/c13-11(14)12(7-15)6-5-8-3-1-2-4-9(8)10(12)16/h1-4,10-11,15-16H,5-7H2. The molecule has 4 heteroatoms. The van der Waals surface area contributed by atoms with Crippen molar-refractivity contribution in [1.82, 2.24) is 0 Å². The minimum absolute atomic E-state index is 0.110. The Hall–Kier alpha value is -1.00. The van der Waals surface area contributed by atoms with Crippen molar-refractivity contribution in [2.45, 2.75) is 25.4 Å². The number of aliphatic hydroxyl groups excluding tert-OH is 2. The van der Waals surface area contributed by atoms with Crippen molar-refractivity contribution in [2.75, 3.05) is 6.61 Å². The fourth-order valence-corrected chi connectivity index (χ4v) is 2.31. The molecule has 0 bridgehead atoms. The molecule has 1 aliphatic rings. The molecular formula is C12H14F2O2. The highest BCUT2D eigenvalue weighted by Crippen LogP contribution is 2.47. The number of rotatable bonds is 2. The van der Waals surface area contributed by atoms with Gasteiger partial charge in [-0.05, 0) is 24.0 Å². The first-order valence-electron chi connectivity index (χ1n) is 5.26. The van der Waals surface area contributed by atoms with Gasteiger partial charge in [-0.25, -0.2) is 8.78 Å². The van der Waals surface area contributed by atoms with Gasteiger partial charge in [-0.3, -0.25) is 0 Å². The van der Waals surface area contributed by atoms with Crippen molar-refractivity contribution in [1.29, 1.82) is 0 Å². The lowest BCUT2D eigenvalue weighted by Crippen LogP contribution is -2.43. The van der Waals surface area contributed by atoms with Crippen LogP contribution in [0, 0.1) is 5.41 Å². The van der Waals surface area contributed by atoms with Crippen LogP contribution in [0.3, 0.4) is 0 Å². The molecule has 1 aromatic rings. The summed E-state index contributed by atoms with van der Waals surface area (Å²) < 4.78 is 26.0. The molecule has 1 aromatic carbocycles. The van der Waals surface area contributed by atoms with Crippen LogP contribution in [0.1, 0.15) is 23.7 Å². The first-order valence-corrected chi connectivity index (χ1v) is 5.26. The van der Waals surface area contributed by atoms with Crippen LogP contribution in [0.5, 0.6) is 0 Å². The van der Waals surface area contributed by atoms with Crippen LogP contribution in [0.15, 0.2) is 24.3 Å². The Morgan fingerprint density at radius 3 is 2.69 bits per heavy atom. The predicted molar refractivity (Wildman–Crippen MR) is 55.2 cm³/mol. The fourth-order valence-electron chi connectivity index (χ4n) is 2.31. The van der Waals surface area contributed by atoms with Gasteiger partial charge in [0.05, 0.1) is 18.1 Å². The maximum atomic E-state index is 13.0. The molecule has 0 heterocycles. The summed E-state index contributed by atoms with van der Waals surface area (Å²) in [6.07, 6.45) is -3.43. The highest BCUT2D eigenvalue weighted by atomic mass is 19.3. The average molecular weight is 228 g/mol. The number of fused-ring (bicyclic) bond motifs is 1. The van der Waals surface area contributed by atoms with E-state index in [1.54, 1.807) is 12.1 Å². The number of hydrogen-bond donors (Lipinski definition) is 2. The van der Waals surface area contributed by atoms with Gasteiger partial charge in [0.25, 0.3) is 0 Å². The lowest BCUT2D eigenvalue weighted by molar-refractivity contribution is -0.129. The zero-order valence-corrected chi connectivity index (χ0v) is 8.74. The van der Waals surface area contributed by atoms with Crippen molar-refractivity contribution in [3.8, 4) is 0 Å². The van der Waals surface area contributed by atoms with Gasteiger partial charge in [0.2, 0.25) is 6.43 Å². The van der Waals surface area contributed by atoms with Crippen molar-refractivity contribution in [2.24, 2.45) is 5.41 Å². The van der Waals surface area contributed by atoms with E-state index < -0.39 is 24.6 Å². The van der Waals surface area contributed by atoms with Crippen LogP contribution in [0.4, 0.5) is 8.78 Å². The summed E-state index contributed by atoms with van der Waals surface area (Å²) in [5, 5.41) is 19.2. The van der Waals surface area contributed by atoms with E-state index in [4.69, 9.17) is 5.11 Å². The second kappa shape index (κ2) is 4.11. The number of aliphatic hydroxyl groups is 2. The Morgan fingerprint density at radius 1 is 1.38 bits per heavy atom. The Bertz CT molecular complexity index is 381. The monoisotopic (exact) mass is 228 g/mol. The van der Waals surface area contributed by atoms with Crippen LogP contribution in [-0.2, 0) is 6.42 Å². The van der Waals surface area contributed by atoms with Gasteiger partial charge in [0.1, 0.15) is 0 Å². The topological polar surface area (TPSA) is 40.5 Å². The van der Waals surface area contributed by atoms with E-state index in [1.807, 2.05) is 12.1 Å². The molecule has 1 aliphatic carbocycles. The molecule has 0 aromatic heterocycles. The van der Waals surface area contributed by atoms with Gasteiger partial charge in [-0.1, -0.05) is 24.3 Å². The largest absolute Gasteiger partial charge is 0.395 e. The summed E-state index contributed by atoms with van der Waals surface area (Å²) in [7, 11) is 0. The van der Waals surface area contributed by atoms with E-state index >= 15 is 0 Å². The summed E-state index contributed by atoms with van der Waals surface area (Å²) in [6.45, 7) is -0.694. The van der Waals surface area contributed by atoms with E-state index in [9.17, 15) is 13.9 Å². The lowest BCUT2D eigenvalue weighted by Gasteiger charge is -2.40. The molecule has 0 saturated carbocycles. The summed E-state index contributed by atoms with van der Waals surface area (Å²) in [5.41, 5.74) is -0.295. The molecule has 0 amide bonds. The molecule has 0 fully saturated rings. The molecule has 88 valence electrons. The Labute approximate surface area is 92.5 Å². The minimum atomic E-state index is -2.72. The number of aryl methyl sites for hydroxylation is 1. The Morgan fingerprint density at radius 2 is 2.06 bits per heavy atom. The van der Waals surface area contributed by atoms with Crippen molar-refractivity contribution < 1.29 is 19.0 Å². The van der Waals surface area contributed by atoms with Crippen molar-refractivity contribution >= 4 is 0 Å². The summed E-state index contributed by atoms with van der Waals surface area (Å²) in [6, 6.07) is 7.00. The normalized spacial score (nSPS) is 29.2. The number of alkyl halides is 2. The molecule has 0 radical (unpaired) electrons. The van der Waals surface area contributed by atoms with Gasteiger partial charge >= 0.3 is 0 Å². The smallest absolute Gasteiger partial charge is 0.249 e. The molecular weight excluding hydrogens is 214 g/mol. The maximum Gasteiger partial charge on any atom is 0.249 e. The van der Waals surface area contributed by atoms with E-state index in [-0.39, 0.29) is 6.42 Å². The Balaban J connectivity index is 2.43. The second-order valence-corrected chi connectivity index (χ2v) is 4.29. The third-order valence-corrected chi connectivity index (χ3v) is 3.48. The van der Waals surface area contributed by atoms with Crippen LogP contribution >= 0.6 is 0 Å². The molecule has 16 heavy (non-hydrogen) atoms. The van der Waals surface area contributed by atoms with E-state index in [1.165, 1.54) is 0 Å². The average Bonchev–Trinajstić information content (AvgIpc) is 2.30. The maximum absolute atomic E-state index is 13.0. The third-order valence-electron chi connectivity index (χ3n) is 3.48. The molecule has 2 unspecified atom stereocenters. The second-order valence-electron chi connectivity index (χ2n) is 4.29. The number of halogens is 2. The highest BCUT2D eigenvalue weighted by Gasteiger charge is 2.49. The summed E-state index contributed by atoms with van der Waals surface area (Å²) in [4.78, 5) is 0. The van der Waals surface area contributed by atoms with Crippen LogP contribution in [0.25, 0.3) is 0 Å². The number of hydrogen-bond acceptors (Lipinski definition) is 2. The van der Waals surface area contributed by atoms with Gasteiger partial charge in [0, 0.05) is 0 Å². The predicted octanol–water partition coefficient (Wildman–Crippen LogP) is 1.91. The fraction of sp³-hybridized carbons (Fsp3) is 0.500. The Kier molecular flexibility index (Phi) is 2.95. The zero-order chi connectivity index (χ0) is 11.8. The lowest BCUT2D eigenvalue weighted by atomic mass is 9.70. The zero-order valence-electron chi connectivity index (χ0n) is 8.74. The summed E-state index contributed by atoms with van der Waals surface area (Å²) in [5.74, 6) is 0. The number of benzene rings is 1. The first kappa shape index (κ1) is 11.5. The van der Waals surface area contributed by atoms with Gasteiger partial charge in [-0.15, -0.1) is 0 Å². The SMILES string of the molecule is OCC1(C(F)F)CCc2ccccc2C1O. The summed E-state index contributed by atoms with van der Waals surface area (Å²) >= 11 is 0. The molecule has 0 saturated heterocycles. The van der Waals surface area contributed by atoms with Crippen molar-refractivity contribution in [3.05, 3.63) is 35.4 Å². The van der Waals surface area contributed by atoms with E-state index in [2.05, 4.69) is 0 Å². The van der Waals surface area contributed by atoms with Crippen LogP contribution < -0.4 is 0 Å². The van der Waals surface area contributed by atoms with Crippen LogP contribution in [-0.4, -0.2) is 23.2 Å². The third kappa shape index (κ3) is 1.53. The molecule has 0 aliphatic heterocycles. The molecule has 2 atom stereocenters. The van der Waals surface area contributed by atoms with Crippen LogP contribution in [0.2, 0.25) is 0 Å². The molecule has 0 spiro atoms. The minimum Gasteiger partial charge on any atom is -0.395 e. The highest BCUT2D eigenvalue weighted by molar-refractivity contribution is 5.33. The molecule has 2 rings (SSSR count). The van der Waals surface area contributed by atoms with Gasteiger partial charge in [-0.2, -0.15) is 0 Å².